The van der Waals surface area contributed by atoms with Crippen molar-refractivity contribution in [2.75, 3.05) is 38.3 Å². The van der Waals surface area contributed by atoms with E-state index in [1.807, 2.05) is 0 Å². The lowest BCUT2D eigenvalue weighted by molar-refractivity contribution is 0.199. The summed E-state index contributed by atoms with van der Waals surface area (Å²) in [7, 11) is 1.73. The molecule has 2 unspecified atom stereocenters. The second-order valence-corrected chi connectivity index (χ2v) is 7.17. The van der Waals surface area contributed by atoms with Crippen molar-refractivity contribution in [2.24, 2.45) is 11.8 Å². The Morgan fingerprint density at radius 1 is 1.29 bits per heavy atom. The van der Waals surface area contributed by atoms with E-state index in [1.54, 1.807) is 7.11 Å². The molecule has 21 heavy (non-hydrogen) atoms. The van der Waals surface area contributed by atoms with Crippen molar-refractivity contribution in [1.82, 2.24) is 5.32 Å². The standard InChI is InChI=1S/C17H25BrN2O/c1-21-8-7-19-10-13-5-6-17(16(18)9-13)20-11-14-3-2-4-15(14)12-20/h5-6,9,14-15,19H,2-4,7-8,10-12H2,1H3. The number of fused-ring (bicyclic) bond motifs is 1. The molecule has 1 saturated carbocycles. The van der Waals surface area contributed by atoms with E-state index in [0.717, 1.165) is 31.5 Å². The second kappa shape index (κ2) is 7.12. The van der Waals surface area contributed by atoms with E-state index in [9.17, 15) is 0 Å². The predicted octanol–water partition coefficient (Wildman–Crippen LogP) is 3.42. The van der Waals surface area contributed by atoms with Gasteiger partial charge in [-0.25, -0.2) is 0 Å². The largest absolute Gasteiger partial charge is 0.383 e. The fourth-order valence-electron chi connectivity index (χ4n) is 3.76. The van der Waals surface area contributed by atoms with Crippen LogP contribution in [0.3, 0.4) is 0 Å². The summed E-state index contributed by atoms with van der Waals surface area (Å²) in [6, 6.07) is 6.77. The number of hydrogen-bond donors (Lipinski definition) is 1. The van der Waals surface area contributed by atoms with Crippen LogP contribution < -0.4 is 10.2 Å². The quantitative estimate of drug-likeness (QED) is 0.793. The van der Waals surface area contributed by atoms with E-state index in [-0.39, 0.29) is 0 Å². The van der Waals surface area contributed by atoms with Gasteiger partial charge >= 0.3 is 0 Å². The number of nitrogens with one attached hydrogen (secondary N) is 1. The van der Waals surface area contributed by atoms with Crippen LogP contribution in [-0.2, 0) is 11.3 Å². The molecule has 1 heterocycles. The molecule has 0 amide bonds. The maximum Gasteiger partial charge on any atom is 0.0587 e. The van der Waals surface area contributed by atoms with Gasteiger partial charge in [0, 0.05) is 37.8 Å². The van der Waals surface area contributed by atoms with Gasteiger partial charge in [0.25, 0.3) is 0 Å². The third kappa shape index (κ3) is 3.61. The first-order valence-corrected chi connectivity index (χ1v) is 8.80. The van der Waals surface area contributed by atoms with Crippen LogP contribution in [0.25, 0.3) is 0 Å². The molecular weight excluding hydrogens is 328 g/mol. The molecule has 116 valence electrons. The van der Waals surface area contributed by atoms with Gasteiger partial charge in [-0.15, -0.1) is 0 Å². The first-order chi connectivity index (χ1) is 10.3. The fourth-order valence-corrected chi connectivity index (χ4v) is 4.43. The van der Waals surface area contributed by atoms with E-state index < -0.39 is 0 Å². The number of anilines is 1. The summed E-state index contributed by atoms with van der Waals surface area (Å²) in [6.45, 7) is 5.04. The lowest BCUT2D eigenvalue weighted by atomic mass is 10.0. The number of halogens is 1. The molecule has 1 saturated heterocycles. The van der Waals surface area contributed by atoms with E-state index in [0.29, 0.717) is 0 Å². The smallest absolute Gasteiger partial charge is 0.0587 e. The van der Waals surface area contributed by atoms with Gasteiger partial charge < -0.3 is 15.0 Å². The maximum absolute atomic E-state index is 5.05. The normalized spacial score (nSPS) is 24.6. The minimum atomic E-state index is 0.760. The van der Waals surface area contributed by atoms with Crippen molar-refractivity contribution < 1.29 is 4.74 Å². The zero-order valence-corrected chi connectivity index (χ0v) is 14.4. The molecule has 0 radical (unpaired) electrons. The number of nitrogens with zero attached hydrogens (tertiary/aromatic N) is 1. The number of benzene rings is 1. The molecule has 0 spiro atoms. The Bertz CT molecular complexity index is 468. The number of methoxy groups -OCH3 is 1. The Balaban J connectivity index is 1.59. The zero-order valence-electron chi connectivity index (χ0n) is 12.8. The van der Waals surface area contributed by atoms with Crippen LogP contribution in [-0.4, -0.2) is 33.4 Å². The van der Waals surface area contributed by atoms with Gasteiger partial charge in [-0.3, -0.25) is 0 Å². The first-order valence-electron chi connectivity index (χ1n) is 8.01. The van der Waals surface area contributed by atoms with Crippen molar-refractivity contribution in [3.05, 3.63) is 28.2 Å². The zero-order chi connectivity index (χ0) is 14.7. The highest BCUT2D eigenvalue weighted by molar-refractivity contribution is 9.10. The van der Waals surface area contributed by atoms with Crippen LogP contribution in [0.2, 0.25) is 0 Å². The van der Waals surface area contributed by atoms with E-state index in [1.165, 1.54) is 48.1 Å². The van der Waals surface area contributed by atoms with Crippen LogP contribution in [0.5, 0.6) is 0 Å². The molecule has 2 aliphatic rings. The van der Waals surface area contributed by atoms with Crippen molar-refractivity contribution in [3.63, 3.8) is 0 Å². The van der Waals surface area contributed by atoms with Crippen LogP contribution in [0.15, 0.2) is 22.7 Å². The third-order valence-corrected chi connectivity index (χ3v) is 5.53. The van der Waals surface area contributed by atoms with Crippen LogP contribution in [0, 0.1) is 11.8 Å². The molecule has 0 aromatic heterocycles. The molecule has 1 aliphatic heterocycles. The average Bonchev–Trinajstić information content (AvgIpc) is 3.05. The van der Waals surface area contributed by atoms with Gasteiger partial charge in [-0.2, -0.15) is 0 Å². The number of ether oxygens (including phenoxy) is 1. The minimum Gasteiger partial charge on any atom is -0.383 e. The van der Waals surface area contributed by atoms with Gasteiger partial charge in [0.15, 0.2) is 0 Å². The summed E-state index contributed by atoms with van der Waals surface area (Å²) in [6.07, 6.45) is 4.30. The van der Waals surface area contributed by atoms with Crippen molar-refractivity contribution in [1.29, 1.82) is 0 Å². The minimum absolute atomic E-state index is 0.760. The maximum atomic E-state index is 5.05. The fraction of sp³-hybridized carbons (Fsp3) is 0.647. The summed E-state index contributed by atoms with van der Waals surface area (Å²) < 4.78 is 6.28. The molecule has 1 aromatic carbocycles. The molecule has 1 aliphatic carbocycles. The molecular formula is C17H25BrN2O. The highest BCUT2D eigenvalue weighted by Gasteiger charge is 2.36. The monoisotopic (exact) mass is 352 g/mol. The van der Waals surface area contributed by atoms with Gasteiger partial charge in [0.2, 0.25) is 0 Å². The molecule has 2 fully saturated rings. The molecule has 1 N–H and O–H groups in total. The van der Waals surface area contributed by atoms with E-state index >= 15 is 0 Å². The lowest BCUT2D eigenvalue weighted by Gasteiger charge is -2.21. The highest BCUT2D eigenvalue weighted by Crippen LogP contribution is 2.41. The molecule has 2 atom stereocenters. The summed E-state index contributed by atoms with van der Waals surface area (Å²) >= 11 is 3.77. The second-order valence-electron chi connectivity index (χ2n) is 6.31. The number of hydrogen-bond acceptors (Lipinski definition) is 3. The van der Waals surface area contributed by atoms with Crippen molar-refractivity contribution in [3.8, 4) is 0 Å². The van der Waals surface area contributed by atoms with Gasteiger partial charge in [0.1, 0.15) is 0 Å². The molecule has 1 aromatic rings. The lowest BCUT2D eigenvalue weighted by Crippen LogP contribution is -2.21. The molecule has 3 rings (SSSR count). The van der Waals surface area contributed by atoms with Gasteiger partial charge in [0.05, 0.1) is 12.3 Å². The molecule has 4 heteroatoms. The first kappa shape index (κ1) is 15.3. The Kier molecular flexibility index (Phi) is 5.19. The van der Waals surface area contributed by atoms with E-state index in [4.69, 9.17) is 4.74 Å². The van der Waals surface area contributed by atoms with Gasteiger partial charge in [-0.1, -0.05) is 12.5 Å². The average molecular weight is 353 g/mol. The Hall–Kier alpha value is -0.580. The Morgan fingerprint density at radius 3 is 2.71 bits per heavy atom. The Labute approximate surface area is 136 Å². The third-order valence-electron chi connectivity index (χ3n) is 4.89. The Morgan fingerprint density at radius 2 is 2.05 bits per heavy atom. The summed E-state index contributed by atoms with van der Waals surface area (Å²) in [5.74, 6) is 1.87. The summed E-state index contributed by atoms with van der Waals surface area (Å²) in [5, 5.41) is 3.39. The summed E-state index contributed by atoms with van der Waals surface area (Å²) in [5.41, 5.74) is 2.69. The van der Waals surface area contributed by atoms with Crippen LogP contribution in [0.4, 0.5) is 5.69 Å². The van der Waals surface area contributed by atoms with Crippen LogP contribution >= 0.6 is 15.9 Å². The summed E-state index contributed by atoms with van der Waals surface area (Å²) in [4.78, 5) is 2.57. The predicted molar refractivity (Wildman–Crippen MR) is 90.8 cm³/mol. The van der Waals surface area contributed by atoms with Crippen molar-refractivity contribution >= 4 is 21.6 Å². The molecule has 0 bridgehead atoms. The van der Waals surface area contributed by atoms with Crippen LogP contribution in [0.1, 0.15) is 24.8 Å². The molecule has 3 nitrogen and oxygen atoms in total. The topological polar surface area (TPSA) is 24.5 Å². The van der Waals surface area contributed by atoms with E-state index in [2.05, 4.69) is 44.3 Å². The number of rotatable bonds is 6. The SMILES string of the molecule is COCCNCc1ccc(N2CC3CCCC3C2)c(Br)c1. The van der Waals surface area contributed by atoms with Gasteiger partial charge in [-0.05, 0) is 58.3 Å². The highest BCUT2D eigenvalue weighted by atomic mass is 79.9. The van der Waals surface area contributed by atoms with Crippen molar-refractivity contribution in [2.45, 2.75) is 25.8 Å².